The molecule has 1 aliphatic heterocycles. The highest BCUT2D eigenvalue weighted by molar-refractivity contribution is 8.15. The number of nitrogens with zero attached hydrogens (tertiary/aromatic N) is 2. The molecule has 1 N–H and O–H groups in total. The van der Waals surface area contributed by atoms with E-state index in [1.807, 2.05) is 6.92 Å². The molecule has 0 bridgehead atoms. The van der Waals surface area contributed by atoms with Gasteiger partial charge in [0.2, 0.25) is 5.91 Å². The van der Waals surface area contributed by atoms with Crippen molar-refractivity contribution in [3.8, 4) is 0 Å². The smallest absolute Gasteiger partial charge is 0.345 e. The van der Waals surface area contributed by atoms with Crippen molar-refractivity contribution < 1.29 is 14.3 Å². The standard InChI is InChI=1S/C9H15N3O3S/c1-3-4-15-6-10-8(14)11-9-12(2)7(13)5-16-9/h3-6H2,1-2H3,(H,10,14). The van der Waals surface area contributed by atoms with E-state index >= 15 is 0 Å². The summed E-state index contributed by atoms with van der Waals surface area (Å²) in [7, 11) is 1.60. The van der Waals surface area contributed by atoms with Crippen LogP contribution in [-0.4, -0.2) is 48.1 Å². The van der Waals surface area contributed by atoms with E-state index in [1.165, 1.54) is 16.7 Å². The van der Waals surface area contributed by atoms with Crippen molar-refractivity contribution in [1.82, 2.24) is 10.2 Å². The second kappa shape index (κ2) is 6.49. The monoisotopic (exact) mass is 245 g/mol. The molecule has 1 heterocycles. The van der Waals surface area contributed by atoms with Gasteiger partial charge >= 0.3 is 6.03 Å². The molecular weight excluding hydrogens is 230 g/mol. The molecule has 1 fully saturated rings. The fraction of sp³-hybridized carbons (Fsp3) is 0.667. The Bertz CT molecular complexity index is 306. The third-order valence-electron chi connectivity index (χ3n) is 1.86. The van der Waals surface area contributed by atoms with Crippen molar-refractivity contribution in [2.45, 2.75) is 13.3 Å². The van der Waals surface area contributed by atoms with Gasteiger partial charge in [0.1, 0.15) is 6.73 Å². The van der Waals surface area contributed by atoms with Gasteiger partial charge in [0.25, 0.3) is 0 Å². The number of hydrogen-bond donors (Lipinski definition) is 1. The lowest BCUT2D eigenvalue weighted by Crippen LogP contribution is -2.28. The predicted octanol–water partition coefficient (Wildman–Crippen LogP) is 0.641. The number of ether oxygens (including phenoxy) is 1. The summed E-state index contributed by atoms with van der Waals surface area (Å²) in [6.07, 6.45) is 0.900. The van der Waals surface area contributed by atoms with Crippen molar-refractivity contribution in [3.63, 3.8) is 0 Å². The van der Waals surface area contributed by atoms with Crippen LogP contribution < -0.4 is 5.32 Å². The Morgan fingerprint density at radius 1 is 1.69 bits per heavy atom. The molecule has 0 radical (unpaired) electrons. The molecular formula is C9H15N3O3S. The van der Waals surface area contributed by atoms with Crippen LogP contribution in [0.2, 0.25) is 0 Å². The highest BCUT2D eigenvalue weighted by Gasteiger charge is 2.24. The maximum atomic E-state index is 11.3. The predicted molar refractivity (Wildman–Crippen MR) is 62.3 cm³/mol. The van der Waals surface area contributed by atoms with Crippen LogP contribution in [-0.2, 0) is 9.53 Å². The molecule has 0 spiro atoms. The molecule has 7 heteroatoms. The zero-order valence-electron chi connectivity index (χ0n) is 9.36. The molecule has 1 rings (SSSR count). The van der Waals surface area contributed by atoms with E-state index in [2.05, 4.69) is 10.3 Å². The van der Waals surface area contributed by atoms with E-state index in [9.17, 15) is 9.59 Å². The first kappa shape index (κ1) is 13.0. The van der Waals surface area contributed by atoms with Crippen LogP contribution in [0.3, 0.4) is 0 Å². The lowest BCUT2D eigenvalue weighted by Gasteiger charge is -2.07. The van der Waals surface area contributed by atoms with Crippen LogP contribution in [0.4, 0.5) is 4.79 Å². The summed E-state index contributed by atoms with van der Waals surface area (Å²) in [4.78, 5) is 27.5. The molecule has 1 aliphatic rings. The van der Waals surface area contributed by atoms with E-state index in [-0.39, 0.29) is 12.6 Å². The van der Waals surface area contributed by atoms with Gasteiger partial charge in [-0.3, -0.25) is 9.69 Å². The van der Waals surface area contributed by atoms with Crippen molar-refractivity contribution in [2.24, 2.45) is 4.99 Å². The van der Waals surface area contributed by atoms with Crippen LogP contribution in [0, 0.1) is 0 Å². The molecule has 0 aromatic heterocycles. The molecule has 0 aliphatic carbocycles. The Kier molecular flexibility index (Phi) is 5.27. The minimum Gasteiger partial charge on any atom is -0.361 e. The average Bonchev–Trinajstić information content (AvgIpc) is 2.56. The second-order valence-corrected chi connectivity index (χ2v) is 4.11. The van der Waals surface area contributed by atoms with Crippen molar-refractivity contribution >= 4 is 28.9 Å². The molecule has 90 valence electrons. The molecule has 0 atom stereocenters. The normalized spacial score (nSPS) is 18.2. The van der Waals surface area contributed by atoms with Gasteiger partial charge in [-0.1, -0.05) is 18.7 Å². The molecule has 6 nitrogen and oxygen atoms in total. The summed E-state index contributed by atoms with van der Waals surface area (Å²) in [6, 6.07) is -0.486. The molecule has 0 aromatic carbocycles. The van der Waals surface area contributed by atoms with Crippen LogP contribution in [0.1, 0.15) is 13.3 Å². The number of carbonyl (C=O) groups is 2. The zero-order valence-corrected chi connectivity index (χ0v) is 10.2. The van der Waals surface area contributed by atoms with E-state index < -0.39 is 6.03 Å². The Morgan fingerprint density at radius 3 is 3.00 bits per heavy atom. The fourth-order valence-electron chi connectivity index (χ4n) is 0.990. The minimum atomic E-state index is -0.486. The van der Waals surface area contributed by atoms with Crippen LogP contribution >= 0.6 is 11.8 Å². The van der Waals surface area contributed by atoms with Gasteiger partial charge in [0.15, 0.2) is 5.17 Å². The van der Waals surface area contributed by atoms with Crippen LogP contribution in [0.15, 0.2) is 4.99 Å². The fourth-order valence-corrected chi connectivity index (χ4v) is 1.88. The number of urea groups is 1. The number of amidine groups is 1. The summed E-state index contributed by atoms with van der Waals surface area (Å²) >= 11 is 1.26. The number of thioether (sulfide) groups is 1. The maximum absolute atomic E-state index is 11.3. The number of nitrogens with one attached hydrogen (secondary N) is 1. The summed E-state index contributed by atoms with van der Waals surface area (Å²) in [5.41, 5.74) is 0. The van der Waals surface area contributed by atoms with Gasteiger partial charge in [0.05, 0.1) is 5.75 Å². The van der Waals surface area contributed by atoms with Gasteiger partial charge in [-0.25, -0.2) is 4.79 Å². The average molecular weight is 245 g/mol. The number of amides is 3. The Balaban J connectivity index is 2.33. The largest absolute Gasteiger partial charge is 0.361 e. The first-order valence-electron chi connectivity index (χ1n) is 4.98. The first-order chi connectivity index (χ1) is 7.65. The lowest BCUT2D eigenvalue weighted by atomic mass is 10.5. The SMILES string of the molecule is CCCOCNC(=O)N=C1SCC(=O)N1C. The second-order valence-electron chi connectivity index (χ2n) is 3.17. The summed E-state index contributed by atoms with van der Waals surface area (Å²) in [6.45, 7) is 2.73. The number of carbonyl (C=O) groups excluding carboxylic acids is 2. The highest BCUT2D eigenvalue weighted by Crippen LogP contribution is 2.16. The van der Waals surface area contributed by atoms with Crippen LogP contribution in [0.5, 0.6) is 0 Å². The Morgan fingerprint density at radius 2 is 2.44 bits per heavy atom. The Hall–Kier alpha value is -1.08. The molecule has 1 saturated heterocycles. The molecule has 0 saturated carbocycles. The van der Waals surface area contributed by atoms with E-state index in [0.717, 1.165) is 6.42 Å². The van der Waals surface area contributed by atoms with E-state index in [4.69, 9.17) is 4.74 Å². The topological polar surface area (TPSA) is 71.0 Å². The van der Waals surface area contributed by atoms with Gasteiger partial charge in [-0.05, 0) is 6.42 Å². The molecule has 3 amide bonds. The summed E-state index contributed by atoms with van der Waals surface area (Å²) in [5.74, 6) is 0.299. The van der Waals surface area contributed by atoms with Crippen molar-refractivity contribution in [3.05, 3.63) is 0 Å². The van der Waals surface area contributed by atoms with Crippen molar-refractivity contribution in [2.75, 3.05) is 26.1 Å². The van der Waals surface area contributed by atoms with E-state index in [0.29, 0.717) is 17.5 Å². The van der Waals surface area contributed by atoms with E-state index in [1.54, 1.807) is 7.05 Å². The van der Waals surface area contributed by atoms with Gasteiger partial charge in [-0.15, -0.1) is 0 Å². The summed E-state index contributed by atoms with van der Waals surface area (Å²) in [5, 5.41) is 2.91. The molecule has 0 aromatic rings. The summed E-state index contributed by atoms with van der Waals surface area (Å²) < 4.78 is 5.08. The highest BCUT2D eigenvalue weighted by atomic mass is 32.2. The van der Waals surface area contributed by atoms with Crippen LogP contribution in [0.25, 0.3) is 0 Å². The van der Waals surface area contributed by atoms with Crippen molar-refractivity contribution in [1.29, 1.82) is 0 Å². The zero-order chi connectivity index (χ0) is 12.0. The Labute approximate surface area is 98.4 Å². The number of hydrogen-bond acceptors (Lipinski definition) is 4. The number of rotatable bonds is 4. The lowest BCUT2D eigenvalue weighted by molar-refractivity contribution is -0.123. The quantitative estimate of drug-likeness (QED) is 0.583. The maximum Gasteiger partial charge on any atom is 0.345 e. The molecule has 16 heavy (non-hydrogen) atoms. The third kappa shape index (κ3) is 3.82. The minimum absolute atomic E-state index is 0.0428. The van der Waals surface area contributed by atoms with Gasteiger partial charge in [-0.2, -0.15) is 4.99 Å². The van der Waals surface area contributed by atoms with Gasteiger partial charge in [0, 0.05) is 13.7 Å². The third-order valence-corrected chi connectivity index (χ3v) is 2.87. The van der Waals surface area contributed by atoms with Gasteiger partial charge < -0.3 is 10.1 Å². The molecule has 0 unspecified atom stereocenters. The number of aliphatic imine (C=N–C) groups is 1. The first-order valence-corrected chi connectivity index (χ1v) is 5.97.